The molecule has 1 aliphatic rings. The molecular formula is C18H29ClN2O4. The summed E-state index contributed by atoms with van der Waals surface area (Å²) >= 11 is 0. The van der Waals surface area contributed by atoms with Gasteiger partial charge in [-0.15, -0.1) is 12.4 Å². The largest absolute Gasteiger partial charge is 0.491 e. The number of nitrogens with one attached hydrogen (secondary N) is 1. The van der Waals surface area contributed by atoms with Gasteiger partial charge in [0.25, 0.3) is 0 Å². The average Bonchev–Trinajstić information content (AvgIpc) is 2.61. The van der Waals surface area contributed by atoms with Gasteiger partial charge in [0.2, 0.25) is 5.91 Å². The van der Waals surface area contributed by atoms with Crippen molar-refractivity contribution in [3.63, 3.8) is 0 Å². The zero-order valence-corrected chi connectivity index (χ0v) is 15.8. The maximum atomic E-state index is 12.7. The van der Waals surface area contributed by atoms with Crippen LogP contribution in [-0.2, 0) is 20.8 Å². The molecule has 0 spiro atoms. The standard InChI is InChI=1S/C18H28N2O4.ClH/c1-14-3-4-15(16(11-14)24-10-9-22-2)12-20-17(21)18(13-19)5-7-23-8-6-18;/h3-4,11H,5-10,12-13,19H2,1-2H3,(H,20,21);1H. The number of hydrogen-bond donors (Lipinski definition) is 2. The van der Waals surface area contributed by atoms with Crippen molar-refractivity contribution in [2.75, 3.05) is 40.1 Å². The number of methoxy groups -OCH3 is 1. The minimum atomic E-state index is -0.514. The fourth-order valence-electron chi connectivity index (χ4n) is 2.83. The van der Waals surface area contributed by atoms with Gasteiger partial charge in [0.1, 0.15) is 12.4 Å². The molecule has 0 bridgehead atoms. The SMILES string of the molecule is COCCOc1cc(C)ccc1CNC(=O)C1(CN)CCOCC1.Cl. The highest BCUT2D eigenvalue weighted by Gasteiger charge is 2.38. The van der Waals surface area contributed by atoms with Gasteiger partial charge in [-0.2, -0.15) is 0 Å². The number of rotatable bonds is 8. The fraction of sp³-hybridized carbons (Fsp3) is 0.611. The van der Waals surface area contributed by atoms with E-state index in [0.717, 1.165) is 16.9 Å². The highest BCUT2D eigenvalue weighted by molar-refractivity contribution is 5.85. The van der Waals surface area contributed by atoms with Crippen molar-refractivity contribution in [1.82, 2.24) is 5.32 Å². The third kappa shape index (κ3) is 5.85. The van der Waals surface area contributed by atoms with Crippen LogP contribution in [0.2, 0.25) is 0 Å². The van der Waals surface area contributed by atoms with Crippen molar-refractivity contribution in [2.45, 2.75) is 26.3 Å². The second kappa shape index (κ2) is 10.6. The summed E-state index contributed by atoms with van der Waals surface area (Å²) < 4.78 is 16.1. The van der Waals surface area contributed by atoms with Gasteiger partial charge in [-0.25, -0.2) is 0 Å². The van der Waals surface area contributed by atoms with Gasteiger partial charge >= 0.3 is 0 Å². The van der Waals surface area contributed by atoms with Crippen molar-refractivity contribution in [3.8, 4) is 5.75 Å². The number of carbonyl (C=O) groups excluding carboxylic acids is 1. The number of benzene rings is 1. The Labute approximate surface area is 155 Å². The second-order valence-corrected chi connectivity index (χ2v) is 6.23. The summed E-state index contributed by atoms with van der Waals surface area (Å²) in [5.41, 5.74) is 7.43. The van der Waals surface area contributed by atoms with E-state index in [0.29, 0.717) is 52.4 Å². The van der Waals surface area contributed by atoms with Crippen LogP contribution < -0.4 is 15.8 Å². The van der Waals surface area contributed by atoms with Crippen LogP contribution in [0.1, 0.15) is 24.0 Å². The van der Waals surface area contributed by atoms with Crippen LogP contribution in [0.3, 0.4) is 0 Å². The molecule has 1 aromatic carbocycles. The highest BCUT2D eigenvalue weighted by Crippen LogP contribution is 2.30. The summed E-state index contributed by atoms with van der Waals surface area (Å²) in [6.45, 7) is 4.94. The molecule has 7 heteroatoms. The summed E-state index contributed by atoms with van der Waals surface area (Å²) in [6.07, 6.45) is 1.33. The molecule has 0 aliphatic carbocycles. The molecule has 25 heavy (non-hydrogen) atoms. The first-order valence-electron chi connectivity index (χ1n) is 8.39. The third-order valence-electron chi connectivity index (χ3n) is 4.53. The minimum Gasteiger partial charge on any atom is -0.491 e. The summed E-state index contributed by atoms with van der Waals surface area (Å²) in [5, 5.41) is 3.02. The quantitative estimate of drug-likeness (QED) is 0.680. The lowest BCUT2D eigenvalue weighted by Gasteiger charge is -2.34. The number of halogens is 1. The van der Waals surface area contributed by atoms with Crippen molar-refractivity contribution in [1.29, 1.82) is 0 Å². The average molecular weight is 373 g/mol. The molecular weight excluding hydrogens is 344 g/mol. The van der Waals surface area contributed by atoms with Crippen molar-refractivity contribution in [3.05, 3.63) is 29.3 Å². The third-order valence-corrected chi connectivity index (χ3v) is 4.53. The lowest BCUT2D eigenvalue weighted by Crippen LogP contribution is -2.49. The van der Waals surface area contributed by atoms with E-state index >= 15 is 0 Å². The lowest BCUT2D eigenvalue weighted by atomic mass is 9.79. The summed E-state index contributed by atoms with van der Waals surface area (Å²) in [4.78, 5) is 12.7. The smallest absolute Gasteiger partial charge is 0.227 e. The Balaban J connectivity index is 0.00000312. The highest BCUT2D eigenvalue weighted by atomic mass is 35.5. The van der Waals surface area contributed by atoms with Crippen LogP contribution in [0.25, 0.3) is 0 Å². The molecule has 1 heterocycles. The lowest BCUT2D eigenvalue weighted by molar-refractivity contribution is -0.136. The Morgan fingerprint density at radius 1 is 1.32 bits per heavy atom. The van der Waals surface area contributed by atoms with E-state index in [2.05, 4.69) is 5.32 Å². The molecule has 1 aromatic rings. The first-order valence-corrected chi connectivity index (χ1v) is 8.39. The molecule has 1 saturated heterocycles. The Morgan fingerprint density at radius 3 is 2.68 bits per heavy atom. The molecule has 0 saturated carbocycles. The molecule has 1 aliphatic heterocycles. The molecule has 6 nitrogen and oxygen atoms in total. The van der Waals surface area contributed by atoms with Crippen LogP contribution >= 0.6 is 12.4 Å². The van der Waals surface area contributed by atoms with E-state index < -0.39 is 5.41 Å². The maximum absolute atomic E-state index is 12.7. The van der Waals surface area contributed by atoms with E-state index in [1.165, 1.54) is 0 Å². The van der Waals surface area contributed by atoms with Crippen LogP contribution in [0.5, 0.6) is 5.75 Å². The first-order chi connectivity index (χ1) is 11.6. The number of hydrogen-bond acceptors (Lipinski definition) is 5. The van der Waals surface area contributed by atoms with Crippen LogP contribution in [0.4, 0.5) is 0 Å². The van der Waals surface area contributed by atoms with E-state index in [-0.39, 0.29) is 18.3 Å². The second-order valence-electron chi connectivity index (χ2n) is 6.23. The van der Waals surface area contributed by atoms with Gasteiger partial charge in [-0.1, -0.05) is 12.1 Å². The normalized spacial score (nSPS) is 16.0. The number of amides is 1. The summed E-state index contributed by atoms with van der Waals surface area (Å²) in [5.74, 6) is 0.776. The fourth-order valence-corrected chi connectivity index (χ4v) is 2.83. The van der Waals surface area contributed by atoms with Gasteiger partial charge in [0.05, 0.1) is 12.0 Å². The molecule has 0 radical (unpaired) electrons. The number of carbonyl (C=O) groups is 1. The van der Waals surface area contributed by atoms with Crippen LogP contribution in [0.15, 0.2) is 18.2 Å². The van der Waals surface area contributed by atoms with Gasteiger partial charge in [-0.05, 0) is 31.4 Å². The first kappa shape index (κ1) is 21.7. The Hall–Kier alpha value is -1.34. The Bertz CT molecular complexity index is 548. The zero-order valence-electron chi connectivity index (χ0n) is 15.0. The number of aryl methyl sites for hydroxylation is 1. The molecule has 0 unspecified atom stereocenters. The van der Waals surface area contributed by atoms with Crippen LogP contribution in [0, 0.1) is 12.3 Å². The summed E-state index contributed by atoms with van der Waals surface area (Å²) in [7, 11) is 1.64. The van der Waals surface area contributed by atoms with Crippen molar-refractivity contribution in [2.24, 2.45) is 11.1 Å². The van der Waals surface area contributed by atoms with Crippen molar-refractivity contribution < 1.29 is 19.0 Å². The Kier molecular flexibility index (Phi) is 9.21. The van der Waals surface area contributed by atoms with E-state index in [9.17, 15) is 4.79 Å². The van der Waals surface area contributed by atoms with E-state index in [1.54, 1.807) is 7.11 Å². The molecule has 0 atom stereocenters. The minimum absolute atomic E-state index is 0. The molecule has 142 valence electrons. The Morgan fingerprint density at radius 2 is 2.04 bits per heavy atom. The number of ether oxygens (including phenoxy) is 3. The predicted molar refractivity (Wildman–Crippen MR) is 99.2 cm³/mol. The molecule has 1 fully saturated rings. The van der Waals surface area contributed by atoms with Gasteiger partial charge in [-0.3, -0.25) is 4.79 Å². The monoisotopic (exact) mass is 372 g/mol. The topological polar surface area (TPSA) is 82.8 Å². The van der Waals surface area contributed by atoms with Gasteiger partial charge in [0.15, 0.2) is 0 Å². The van der Waals surface area contributed by atoms with Crippen LogP contribution in [-0.4, -0.2) is 46.0 Å². The number of nitrogens with two attached hydrogens (primary N) is 1. The molecule has 3 N–H and O–H groups in total. The molecule has 0 aromatic heterocycles. The molecule has 1 amide bonds. The predicted octanol–water partition coefficient (Wildman–Crippen LogP) is 1.81. The van der Waals surface area contributed by atoms with Gasteiger partial charge < -0.3 is 25.3 Å². The van der Waals surface area contributed by atoms with Gasteiger partial charge in [0, 0.05) is 39.0 Å². The van der Waals surface area contributed by atoms with E-state index in [4.69, 9.17) is 19.9 Å². The maximum Gasteiger partial charge on any atom is 0.227 e. The molecule has 2 rings (SSSR count). The van der Waals surface area contributed by atoms with Crippen molar-refractivity contribution >= 4 is 18.3 Å². The van der Waals surface area contributed by atoms with E-state index in [1.807, 2.05) is 25.1 Å². The zero-order chi connectivity index (χ0) is 17.4. The summed E-state index contributed by atoms with van der Waals surface area (Å²) in [6, 6.07) is 5.97.